The number of hydrogen-bond donors (Lipinski definition) is 2. The van der Waals surface area contributed by atoms with Crippen LogP contribution in [0.15, 0.2) is 36.7 Å². The van der Waals surface area contributed by atoms with E-state index in [1.807, 2.05) is 31.3 Å². The summed E-state index contributed by atoms with van der Waals surface area (Å²) in [6.07, 6.45) is 5.40. The molecule has 3 rings (SSSR count). The van der Waals surface area contributed by atoms with Gasteiger partial charge >= 0.3 is 5.97 Å². The van der Waals surface area contributed by atoms with E-state index in [-0.39, 0.29) is 17.9 Å². The second-order valence-electron chi connectivity index (χ2n) is 5.97. The van der Waals surface area contributed by atoms with Crippen LogP contribution in [0.25, 0.3) is 5.69 Å². The maximum atomic E-state index is 12.3. The molecule has 2 aromatic rings. The van der Waals surface area contributed by atoms with Gasteiger partial charge in [-0.25, -0.2) is 4.68 Å². The fourth-order valence-corrected chi connectivity index (χ4v) is 3.07. The summed E-state index contributed by atoms with van der Waals surface area (Å²) < 4.78 is 1.76. The molecular weight excluding hydrogens is 294 g/mol. The van der Waals surface area contributed by atoms with Crippen molar-refractivity contribution in [1.82, 2.24) is 15.1 Å². The Bertz CT molecular complexity index is 725. The zero-order valence-electron chi connectivity index (χ0n) is 12.9. The first-order valence-corrected chi connectivity index (χ1v) is 7.69. The van der Waals surface area contributed by atoms with Crippen molar-refractivity contribution in [3.05, 3.63) is 47.8 Å². The minimum Gasteiger partial charge on any atom is -0.481 e. The molecule has 0 radical (unpaired) electrons. The van der Waals surface area contributed by atoms with Crippen molar-refractivity contribution < 1.29 is 14.7 Å². The number of carboxylic acid groups (broad SMARTS) is 1. The number of hydrogen-bond acceptors (Lipinski definition) is 3. The number of aryl methyl sites for hydroxylation is 1. The average molecular weight is 313 g/mol. The van der Waals surface area contributed by atoms with Crippen LogP contribution in [0.1, 0.15) is 35.2 Å². The van der Waals surface area contributed by atoms with E-state index in [2.05, 4.69) is 10.4 Å². The molecule has 6 nitrogen and oxygen atoms in total. The van der Waals surface area contributed by atoms with Gasteiger partial charge in [-0.05, 0) is 56.0 Å². The van der Waals surface area contributed by atoms with Crippen LogP contribution in [0, 0.1) is 12.8 Å². The van der Waals surface area contributed by atoms with E-state index in [0.717, 1.165) is 11.3 Å². The number of amides is 1. The Kier molecular flexibility index (Phi) is 4.14. The summed E-state index contributed by atoms with van der Waals surface area (Å²) in [6, 6.07) is 7.25. The monoisotopic (exact) mass is 313 g/mol. The van der Waals surface area contributed by atoms with E-state index in [1.54, 1.807) is 16.9 Å². The van der Waals surface area contributed by atoms with Crippen molar-refractivity contribution in [1.29, 1.82) is 0 Å². The van der Waals surface area contributed by atoms with Crippen molar-refractivity contribution in [2.45, 2.75) is 32.2 Å². The molecule has 1 saturated carbocycles. The first kappa shape index (κ1) is 15.3. The number of nitrogens with one attached hydrogen (secondary N) is 1. The highest BCUT2D eigenvalue weighted by atomic mass is 16.4. The van der Waals surface area contributed by atoms with Crippen LogP contribution < -0.4 is 5.32 Å². The number of carbonyl (C=O) groups excluding carboxylic acids is 1. The highest BCUT2D eigenvalue weighted by Gasteiger charge is 2.30. The van der Waals surface area contributed by atoms with Crippen LogP contribution in [0.5, 0.6) is 0 Å². The topological polar surface area (TPSA) is 84.2 Å². The van der Waals surface area contributed by atoms with Crippen molar-refractivity contribution in [2.24, 2.45) is 5.92 Å². The van der Waals surface area contributed by atoms with Gasteiger partial charge in [-0.1, -0.05) is 0 Å². The molecule has 2 atom stereocenters. The minimum absolute atomic E-state index is 0.0605. The van der Waals surface area contributed by atoms with Gasteiger partial charge in [-0.3, -0.25) is 9.59 Å². The lowest BCUT2D eigenvalue weighted by Gasteiger charge is -2.14. The Hall–Kier alpha value is -2.63. The van der Waals surface area contributed by atoms with E-state index in [1.165, 1.54) is 0 Å². The Balaban J connectivity index is 1.69. The first-order valence-electron chi connectivity index (χ1n) is 7.69. The summed E-state index contributed by atoms with van der Waals surface area (Å²) in [6.45, 7) is 1.93. The lowest BCUT2D eigenvalue weighted by molar-refractivity contribution is -0.141. The van der Waals surface area contributed by atoms with Gasteiger partial charge in [0.15, 0.2) is 0 Å². The largest absolute Gasteiger partial charge is 0.481 e. The van der Waals surface area contributed by atoms with Gasteiger partial charge in [0, 0.05) is 24.0 Å². The fraction of sp³-hybridized carbons (Fsp3) is 0.353. The molecule has 1 aliphatic rings. The molecular formula is C17H19N3O3. The Morgan fingerprint density at radius 2 is 2.17 bits per heavy atom. The number of rotatable bonds is 4. The molecule has 0 bridgehead atoms. The van der Waals surface area contributed by atoms with Crippen LogP contribution >= 0.6 is 0 Å². The zero-order valence-corrected chi connectivity index (χ0v) is 12.9. The number of carbonyl (C=O) groups is 2. The Labute approximate surface area is 134 Å². The van der Waals surface area contributed by atoms with Crippen LogP contribution in [0.3, 0.4) is 0 Å². The maximum absolute atomic E-state index is 12.3. The van der Waals surface area contributed by atoms with E-state index < -0.39 is 5.97 Å². The van der Waals surface area contributed by atoms with Gasteiger partial charge in [0.05, 0.1) is 11.6 Å². The maximum Gasteiger partial charge on any atom is 0.306 e. The highest BCUT2D eigenvalue weighted by molar-refractivity contribution is 5.95. The van der Waals surface area contributed by atoms with Gasteiger partial charge in [-0.2, -0.15) is 5.10 Å². The van der Waals surface area contributed by atoms with Crippen LogP contribution in [-0.4, -0.2) is 32.8 Å². The number of aliphatic carboxylic acids is 1. The minimum atomic E-state index is -0.777. The molecule has 1 heterocycles. The number of nitrogens with zero attached hydrogens (tertiary/aromatic N) is 2. The normalized spacial score (nSPS) is 20.4. The molecule has 6 heteroatoms. The summed E-state index contributed by atoms with van der Waals surface area (Å²) in [5.74, 6) is -1.28. The summed E-state index contributed by atoms with van der Waals surface area (Å²) in [5.41, 5.74) is 2.46. The molecule has 1 amide bonds. The third kappa shape index (κ3) is 3.26. The van der Waals surface area contributed by atoms with E-state index in [0.29, 0.717) is 24.8 Å². The molecule has 0 unspecified atom stereocenters. The lowest BCUT2D eigenvalue weighted by Crippen LogP contribution is -2.33. The van der Waals surface area contributed by atoms with E-state index in [4.69, 9.17) is 5.11 Å². The SMILES string of the molecule is Cc1cc(C(=O)N[C@H]2CC[C@@H](C(=O)O)C2)ccc1-n1cccn1. The molecule has 0 saturated heterocycles. The van der Waals surface area contributed by atoms with Gasteiger partial charge in [0.2, 0.25) is 0 Å². The van der Waals surface area contributed by atoms with Gasteiger partial charge < -0.3 is 10.4 Å². The standard InChI is InChI=1S/C17H19N3O3/c1-11-9-12(4-6-15(11)20-8-2-7-18-20)16(21)19-14-5-3-13(10-14)17(22)23/h2,4,6-9,13-14H,3,5,10H2,1H3,(H,19,21)(H,22,23)/t13-,14+/m1/s1. The van der Waals surface area contributed by atoms with Crippen molar-refractivity contribution in [3.63, 3.8) is 0 Å². The predicted octanol–water partition coefficient (Wildman–Crippen LogP) is 2.16. The molecule has 120 valence electrons. The number of benzene rings is 1. The Morgan fingerprint density at radius 1 is 1.35 bits per heavy atom. The summed E-state index contributed by atoms with van der Waals surface area (Å²) in [7, 11) is 0. The van der Waals surface area contributed by atoms with Crippen molar-refractivity contribution >= 4 is 11.9 Å². The number of carboxylic acids is 1. The molecule has 1 aromatic carbocycles. The second-order valence-corrected chi connectivity index (χ2v) is 5.97. The molecule has 0 spiro atoms. The van der Waals surface area contributed by atoms with Crippen molar-refractivity contribution in [2.75, 3.05) is 0 Å². The molecule has 23 heavy (non-hydrogen) atoms. The molecule has 1 aliphatic carbocycles. The first-order chi connectivity index (χ1) is 11.0. The smallest absolute Gasteiger partial charge is 0.306 e. The molecule has 1 fully saturated rings. The third-order valence-electron chi connectivity index (χ3n) is 4.33. The van der Waals surface area contributed by atoms with E-state index >= 15 is 0 Å². The lowest BCUT2D eigenvalue weighted by atomic mass is 10.1. The fourth-order valence-electron chi connectivity index (χ4n) is 3.07. The van der Waals surface area contributed by atoms with Crippen LogP contribution in [-0.2, 0) is 4.79 Å². The average Bonchev–Trinajstić information content (AvgIpc) is 3.18. The highest BCUT2D eigenvalue weighted by Crippen LogP contribution is 2.26. The quantitative estimate of drug-likeness (QED) is 0.906. The second kappa shape index (κ2) is 6.24. The van der Waals surface area contributed by atoms with Crippen LogP contribution in [0.4, 0.5) is 0 Å². The molecule has 0 aliphatic heterocycles. The van der Waals surface area contributed by atoms with Gasteiger partial charge in [0.1, 0.15) is 0 Å². The Morgan fingerprint density at radius 3 is 2.78 bits per heavy atom. The zero-order chi connectivity index (χ0) is 16.4. The third-order valence-corrected chi connectivity index (χ3v) is 4.33. The number of aromatic nitrogens is 2. The van der Waals surface area contributed by atoms with Crippen LogP contribution in [0.2, 0.25) is 0 Å². The summed E-state index contributed by atoms with van der Waals surface area (Å²) >= 11 is 0. The summed E-state index contributed by atoms with van der Waals surface area (Å²) in [4.78, 5) is 23.3. The van der Waals surface area contributed by atoms with Crippen molar-refractivity contribution in [3.8, 4) is 5.69 Å². The predicted molar refractivity (Wildman–Crippen MR) is 84.5 cm³/mol. The van der Waals surface area contributed by atoms with Gasteiger partial charge in [-0.15, -0.1) is 0 Å². The van der Waals surface area contributed by atoms with E-state index in [9.17, 15) is 9.59 Å². The molecule has 2 N–H and O–H groups in total. The van der Waals surface area contributed by atoms with Gasteiger partial charge in [0.25, 0.3) is 5.91 Å². The molecule has 1 aromatic heterocycles. The summed E-state index contributed by atoms with van der Waals surface area (Å²) in [5, 5.41) is 16.1.